The molecule has 0 aromatic carbocycles. The summed E-state index contributed by atoms with van der Waals surface area (Å²) in [6.45, 7) is 4.60. The number of nitrogens with zero attached hydrogens (tertiary/aromatic N) is 1. The number of carbonyl (C=O) groups excluding carboxylic acids is 1. The number of carbonyl (C=O) groups is 1. The van der Waals surface area contributed by atoms with Crippen LogP contribution < -0.4 is 0 Å². The number of likely N-dealkylation sites (N-methyl/N-ethyl adjacent to an activating group) is 1. The Morgan fingerprint density at radius 1 is 1.61 bits per heavy atom. The van der Waals surface area contributed by atoms with Crippen molar-refractivity contribution in [2.45, 2.75) is 39.2 Å². The van der Waals surface area contributed by atoms with Gasteiger partial charge in [-0.25, -0.2) is 0 Å². The minimum atomic E-state index is -0.356. The summed E-state index contributed by atoms with van der Waals surface area (Å²) in [7, 11) is 1.77. The van der Waals surface area contributed by atoms with Crippen molar-refractivity contribution in [3.63, 3.8) is 0 Å². The Morgan fingerprint density at radius 2 is 2.28 bits per heavy atom. The second kappa shape index (κ2) is 5.41. The van der Waals surface area contributed by atoms with Crippen molar-refractivity contribution in [2.75, 3.05) is 13.6 Å². The number of amides is 1. The highest BCUT2D eigenvalue weighted by molar-refractivity contribution is 7.14. The lowest BCUT2D eigenvalue weighted by Gasteiger charge is -2.20. The molecule has 0 spiro atoms. The highest BCUT2D eigenvalue weighted by Crippen LogP contribution is 2.33. The highest BCUT2D eigenvalue weighted by atomic mass is 32.1. The van der Waals surface area contributed by atoms with Gasteiger partial charge in [-0.2, -0.15) is 0 Å². The highest BCUT2D eigenvalue weighted by Gasteiger charge is 2.31. The maximum absolute atomic E-state index is 12.2. The van der Waals surface area contributed by atoms with Gasteiger partial charge in [-0.05, 0) is 43.7 Å². The third-order valence-electron chi connectivity index (χ3n) is 3.53. The van der Waals surface area contributed by atoms with Crippen LogP contribution in [0.5, 0.6) is 0 Å². The van der Waals surface area contributed by atoms with E-state index in [0.29, 0.717) is 12.5 Å². The number of aliphatic hydroxyl groups excluding tert-OH is 1. The van der Waals surface area contributed by atoms with E-state index in [9.17, 15) is 9.90 Å². The van der Waals surface area contributed by atoms with Gasteiger partial charge in [0, 0.05) is 18.5 Å². The maximum Gasteiger partial charge on any atom is 0.263 e. The van der Waals surface area contributed by atoms with E-state index in [0.717, 1.165) is 24.1 Å². The van der Waals surface area contributed by atoms with Crippen LogP contribution in [0.2, 0.25) is 0 Å². The third-order valence-corrected chi connectivity index (χ3v) is 4.90. The van der Waals surface area contributed by atoms with Crippen molar-refractivity contribution >= 4 is 17.2 Å². The number of rotatable bonds is 5. The van der Waals surface area contributed by atoms with E-state index in [1.54, 1.807) is 23.3 Å². The Labute approximate surface area is 112 Å². The fraction of sp³-hybridized carbons (Fsp3) is 0.643. The monoisotopic (exact) mass is 267 g/mol. The molecule has 0 radical (unpaired) electrons. The van der Waals surface area contributed by atoms with Gasteiger partial charge in [-0.15, -0.1) is 11.3 Å². The van der Waals surface area contributed by atoms with Gasteiger partial charge in [0.1, 0.15) is 0 Å². The number of thiophene rings is 1. The average molecular weight is 267 g/mol. The molecule has 1 aromatic rings. The molecule has 1 amide bonds. The summed E-state index contributed by atoms with van der Waals surface area (Å²) in [5.41, 5.74) is 1.20. The zero-order valence-corrected chi connectivity index (χ0v) is 12.1. The fourth-order valence-corrected chi connectivity index (χ4v) is 3.27. The molecule has 2 rings (SSSR count). The number of aryl methyl sites for hydroxylation is 2. The summed E-state index contributed by atoms with van der Waals surface area (Å²) >= 11 is 1.57. The number of aliphatic hydroxyl groups is 1. The lowest BCUT2D eigenvalue weighted by Crippen LogP contribution is -2.34. The van der Waals surface area contributed by atoms with Gasteiger partial charge in [0.05, 0.1) is 11.0 Å². The van der Waals surface area contributed by atoms with Crippen LogP contribution in [-0.4, -0.2) is 35.6 Å². The van der Waals surface area contributed by atoms with E-state index in [1.807, 2.05) is 13.0 Å². The molecule has 1 aliphatic carbocycles. The second-order valence-electron chi connectivity index (χ2n) is 5.16. The van der Waals surface area contributed by atoms with Gasteiger partial charge in [0.2, 0.25) is 0 Å². The van der Waals surface area contributed by atoms with Crippen molar-refractivity contribution in [1.82, 2.24) is 4.90 Å². The minimum absolute atomic E-state index is 0.0301. The molecule has 0 bridgehead atoms. The summed E-state index contributed by atoms with van der Waals surface area (Å²) in [4.78, 5) is 15.9. The van der Waals surface area contributed by atoms with E-state index in [1.165, 1.54) is 10.4 Å². The van der Waals surface area contributed by atoms with Crippen molar-refractivity contribution < 1.29 is 9.90 Å². The van der Waals surface area contributed by atoms with E-state index < -0.39 is 0 Å². The van der Waals surface area contributed by atoms with E-state index in [-0.39, 0.29) is 12.0 Å². The molecular formula is C14H21NO2S. The smallest absolute Gasteiger partial charge is 0.263 e. The molecule has 4 heteroatoms. The molecule has 1 heterocycles. The predicted octanol–water partition coefficient (Wildman–Crippen LogP) is 2.46. The van der Waals surface area contributed by atoms with Crippen molar-refractivity contribution in [2.24, 2.45) is 5.92 Å². The van der Waals surface area contributed by atoms with E-state index in [4.69, 9.17) is 0 Å². The van der Waals surface area contributed by atoms with E-state index in [2.05, 4.69) is 6.92 Å². The molecule has 1 unspecified atom stereocenters. The first-order chi connectivity index (χ1) is 8.52. The summed E-state index contributed by atoms with van der Waals surface area (Å²) in [6, 6.07) is 1.96. The first-order valence-electron chi connectivity index (χ1n) is 6.55. The Hall–Kier alpha value is -0.870. The molecule has 1 atom stereocenters. The first kappa shape index (κ1) is 13.6. The van der Waals surface area contributed by atoms with Gasteiger partial charge in [0.25, 0.3) is 5.91 Å². The van der Waals surface area contributed by atoms with Gasteiger partial charge in [-0.1, -0.05) is 6.92 Å². The van der Waals surface area contributed by atoms with Crippen LogP contribution in [0.25, 0.3) is 0 Å². The Bertz CT molecular complexity index is 437. The second-order valence-corrected chi connectivity index (χ2v) is 6.30. The third kappa shape index (κ3) is 2.93. The molecule has 0 saturated heterocycles. The van der Waals surface area contributed by atoms with Crippen LogP contribution >= 0.6 is 11.3 Å². The molecule has 1 N–H and O–H groups in total. The molecule has 1 aliphatic rings. The Kier molecular flexibility index (Phi) is 4.07. The molecule has 3 nitrogen and oxygen atoms in total. The minimum Gasteiger partial charge on any atom is -0.391 e. The Balaban J connectivity index is 2.00. The largest absolute Gasteiger partial charge is 0.391 e. The molecule has 1 saturated carbocycles. The topological polar surface area (TPSA) is 40.5 Å². The van der Waals surface area contributed by atoms with Gasteiger partial charge < -0.3 is 10.0 Å². The van der Waals surface area contributed by atoms with Crippen LogP contribution in [0.4, 0.5) is 0 Å². The van der Waals surface area contributed by atoms with Gasteiger partial charge in [-0.3, -0.25) is 4.79 Å². The molecule has 1 aromatic heterocycles. The van der Waals surface area contributed by atoms with Crippen LogP contribution in [0.3, 0.4) is 0 Å². The summed E-state index contributed by atoms with van der Waals surface area (Å²) < 4.78 is 0. The van der Waals surface area contributed by atoms with Crippen LogP contribution in [-0.2, 0) is 6.42 Å². The summed E-state index contributed by atoms with van der Waals surface area (Å²) in [5.74, 6) is 0.444. The molecule has 100 valence electrons. The zero-order valence-electron chi connectivity index (χ0n) is 11.3. The average Bonchev–Trinajstić information content (AvgIpc) is 3.12. The van der Waals surface area contributed by atoms with E-state index >= 15 is 0 Å². The van der Waals surface area contributed by atoms with Crippen molar-refractivity contribution in [3.8, 4) is 0 Å². The predicted molar refractivity (Wildman–Crippen MR) is 74.1 cm³/mol. The summed E-state index contributed by atoms with van der Waals surface area (Å²) in [5, 5.41) is 9.87. The van der Waals surface area contributed by atoms with Crippen LogP contribution in [0.1, 0.15) is 39.9 Å². The lowest BCUT2D eigenvalue weighted by molar-refractivity contribution is 0.0649. The Morgan fingerprint density at radius 3 is 2.78 bits per heavy atom. The van der Waals surface area contributed by atoms with Gasteiger partial charge >= 0.3 is 0 Å². The molecule has 0 aliphatic heterocycles. The normalized spacial score (nSPS) is 16.7. The van der Waals surface area contributed by atoms with Gasteiger partial charge in [0.15, 0.2) is 0 Å². The van der Waals surface area contributed by atoms with Crippen molar-refractivity contribution in [3.05, 3.63) is 21.4 Å². The standard InChI is InChI=1S/C14H21NO2S/c1-4-12-9(2)7-13(18-12)14(17)15(3)8-11(16)10-5-6-10/h7,10-11,16H,4-6,8H2,1-3H3. The van der Waals surface area contributed by atoms with Crippen LogP contribution in [0.15, 0.2) is 6.07 Å². The maximum atomic E-state index is 12.2. The number of hydrogen-bond acceptors (Lipinski definition) is 3. The lowest BCUT2D eigenvalue weighted by atomic mass is 10.2. The molecular weight excluding hydrogens is 246 g/mol. The molecule has 18 heavy (non-hydrogen) atoms. The number of hydrogen-bond donors (Lipinski definition) is 1. The quantitative estimate of drug-likeness (QED) is 0.890. The fourth-order valence-electron chi connectivity index (χ4n) is 2.16. The van der Waals surface area contributed by atoms with Crippen molar-refractivity contribution in [1.29, 1.82) is 0 Å². The summed E-state index contributed by atoms with van der Waals surface area (Å²) in [6.07, 6.45) is 2.81. The zero-order chi connectivity index (χ0) is 13.3. The molecule has 1 fully saturated rings. The van der Waals surface area contributed by atoms with Crippen LogP contribution in [0, 0.1) is 12.8 Å². The SMILES string of the molecule is CCc1sc(C(=O)N(C)CC(O)C2CC2)cc1C. The first-order valence-corrected chi connectivity index (χ1v) is 7.37.